The third-order valence-corrected chi connectivity index (χ3v) is 9.61. The van der Waals surface area contributed by atoms with Crippen LogP contribution in [0.1, 0.15) is 117 Å². The van der Waals surface area contributed by atoms with Gasteiger partial charge in [-0.15, -0.1) is 0 Å². The largest absolute Gasteiger partial charge is 0.394 e. The highest BCUT2D eigenvalue weighted by molar-refractivity contribution is 5.76. The lowest BCUT2D eigenvalue weighted by Crippen LogP contribution is -2.65. The third kappa shape index (κ3) is 16.5. The second-order valence-corrected chi connectivity index (χ2v) is 14.1. The van der Waals surface area contributed by atoms with Crippen LogP contribution < -0.4 is 5.32 Å². The summed E-state index contributed by atoms with van der Waals surface area (Å²) in [6.07, 6.45) is 7.73. The number of aliphatic hydroxyl groups is 8. The van der Waals surface area contributed by atoms with Gasteiger partial charge in [-0.05, 0) is 38.5 Å². The molecule has 0 bridgehead atoms. The highest BCUT2D eigenvalue weighted by Crippen LogP contribution is 2.29. The maximum atomic E-state index is 12.9. The number of carbonyl (C=O) groups excluding carboxylic acids is 1. The number of nitrogens with one attached hydrogen (secondary N) is 1. The fourth-order valence-electron chi connectivity index (χ4n) is 6.29. The Kier molecular flexibility index (Phi) is 24.3. The number of carbonyl (C=O) groups is 1. The molecule has 0 radical (unpaired) electrons. The number of unbranched alkanes of at least 4 members (excludes halogenated alkanes) is 12. The Hall–Kier alpha value is -1.53. The summed E-state index contributed by atoms with van der Waals surface area (Å²) >= 11 is 0. The average Bonchev–Trinajstić information content (AvgIpc) is 3.14. The molecule has 0 aliphatic carbocycles. The van der Waals surface area contributed by atoms with Crippen LogP contribution in [0.25, 0.3) is 0 Å². The molecular weight excluding hydrogens is 678 g/mol. The van der Waals surface area contributed by atoms with Crippen molar-refractivity contribution in [3.63, 3.8) is 0 Å². The van der Waals surface area contributed by atoms with Crippen LogP contribution in [0.4, 0.5) is 0 Å². The zero-order valence-electron chi connectivity index (χ0n) is 31.3. The normalized spacial score (nSPS) is 31.0. The lowest BCUT2D eigenvalue weighted by atomic mass is 9.97. The van der Waals surface area contributed by atoms with E-state index in [1.54, 1.807) is 12.2 Å². The second-order valence-electron chi connectivity index (χ2n) is 14.1. The van der Waals surface area contributed by atoms with Gasteiger partial charge in [0, 0.05) is 6.42 Å². The zero-order chi connectivity index (χ0) is 38.3. The maximum Gasteiger partial charge on any atom is 0.220 e. The molecule has 304 valence electrons. The van der Waals surface area contributed by atoms with E-state index in [1.165, 1.54) is 38.5 Å². The van der Waals surface area contributed by atoms with E-state index in [4.69, 9.17) is 18.9 Å². The van der Waals surface area contributed by atoms with Crippen LogP contribution in [0.2, 0.25) is 0 Å². The van der Waals surface area contributed by atoms with E-state index in [1.807, 2.05) is 6.92 Å². The second kappa shape index (κ2) is 27.1. The molecular formula is C38H69NO13. The summed E-state index contributed by atoms with van der Waals surface area (Å²) in [6.45, 7) is 2.50. The first kappa shape index (κ1) is 46.6. The fourth-order valence-corrected chi connectivity index (χ4v) is 6.29. The van der Waals surface area contributed by atoms with E-state index in [0.717, 1.165) is 51.4 Å². The van der Waals surface area contributed by atoms with E-state index in [9.17, 15) is 45.6 Å². The van der Waals surface area contributed by atoms with E-state index in [2.05, 4.69) is 24.4 Å². The first-order valence-corrected chi connectivity index (χ1v) is 19.6. The van der Waals surface area contributed by atoms with Crippen LogP contribution in [-0.4, -0.2) is 140 Å². The van der Waals surface area contributed by atoms with Gasteiger partial charge in [-0.1, -0.05) is 95.9 Å². The van der Waals surface area contributed by atoms with Crippen molar-refractivity contribution >= 4 is 5.91 Å². The molecule has 2 saturated heterocycles. The van der Waals surface area contributed by atoms with Gasteiger partial charge in [0.25, 0.3) is 0 Å². The molecule has 2 fully saturated rings. The maximum absolute atomic E-state index is 12.9. The smallest absolute Gasteiger partial charge is 0.220 e. The Morgan fingerprint density at radius 2 is 1.25 bits per heavy atom. The van der Waals surface area contributed by atoms with Gasteiger partial charge in [0.2, 0.25) is 5.91 Å². The highest BCUT2D eigenvalue weighted by Gasteiger charge is 2.50. The minimum atomic E-state index is -1.78. The molecule has 14 heteroatoms. The van der Waals surface area contributed by atoms with Gasteiger partial charge in [-0.2, -0.15) is 0 Å². The standard InChI is InChI=1S/C38H69NO13/c1-3-5-7-8-9-10-11-12-13-14-15-16-17-18-20-22-30(43)39-26(27(42)21-19-6-4-2)25-49-37-35(48)33(46)36(29(24-41)51-37)52-38-34(47)32(45)31(44)28(23-40)50-38/h12-13,19,21,26-29,31-38,40-42,44-48H,3-11,14-18,20,22-25H2,1-2H3,(H,39,43)/b13-12-,21-19+. The predicted octanol–water partition coefficient (Wildman–Crippen LogP) is 1.87. The van der Waals surface area contributed by atoms with Crippen molar-refractivity contribution < 1.29 is 64.6 Å². The molecule has 0 saturated carbocycles. The van der Waals surface area contributed by atoms with Gasteiger partial charge in [-0.3, -0.25) is 4.79 Å². The van der Waals surface area contributed by atoms with Crippen molar-refractivity contribution in [1.29, 1.82) is 0 Å². The molecule has 0 aromatic rings. The first-order chi connectivity index (χ1) is 25.1. The molecule has 0 aromatic carbocycles. The number of allylic oxidation sites excluding steroid dienone is 3. The summed E-state index contributed by atoms with van der Waals surface area (Å²) in [5.41, 5.74) is 0. The summed E-state index contributed by atoms with van der Waals surface area (Å²) in [7, 11) is 0. The Labute approximate surface area is 309 Å². The summed E-state index contributed by atoms with van der Waals surface area (Å²) in [5, 5.41) is 85.4. The summed E-state index contributed by atoms with van der Waals surface area (Å²) < 4.78 is 22.3. The van der Waals surface area contributed by atoms with Crippen LogP contribution in [-0.2, 0) is 23.7 Å². The monoisotopic (exact) mass is 747 g/mol. The number of hydrogen-bond donors (Lipinski definition) is 9. The molecule has 2 aliphatic rings. The van der Waals surface area contributed by atoms with Crippen LogP contribution in [0, 0.1) is 0 Å². The minimum absolute atomic E-state index is 0.263. The van der Waals surface area contributed by atoms with E-state index in [0.29, 0.717) is 6.42 Å². The number of rotatable bonds is 27. The van der Waals surface area contributed by atoms with E-state index >= 15 is 0 Å². The van der Waals surface area contributed by atoms with Crippen LogP contribution in [0.3, 0.4) is 0 Å². The van der Waals surface area contributed by atoms with Crippen molar-refractivity contribution in [2.45, 2.75) is 190 Å². The summed E-state index contributed by atoms with van der Waals surface area (Å²) in [4.78, 5) is 12.9. The molecule has 2 aliphatic heterocycles. The molecule has 2 heterocycles. The number of ether oxygens (including phenoxy) is 4. The molecule has 1 amide bonds. The Morgan fingerprint density at radius 3 is 1.87 bits per heavy atom. The van der Waals surface area contributed by atoms with Crippen LogP contribution >= 0.6 is 0 Å². The SMILES string of the molecule is CCC/C=C/C(O)C(COC1OC(CO)C(OC2OC(CO)C(O)C(O)C2O)C(O)C1O)NC(=O)CCCCCCC/C=C\CCCCCCCC. The van der Waals surface area contributed by atoms with Gasteiger partial charge in [-0.25, -0.2) is 0 Å². The van der Waals surface area contributed by atoms with Crippen molar-refractivity contribution in [3.8, 4) is 0 Å². The molecule has 14 nitrogen and oxygen atoms in total. The van der Waals surface area contributed by atoms with Gasteiger partial charge < -0.3 is 65.1 Å². The van der Waals surface area contributed by atoms with Crippen molar-refractivity contribution in [1.82, 2.24) is 5.32 Å². The van der Waals surface area contributed by atoms with Gasteiger partial charge in [0.05, 0.1) is 32.0 Å². The molecule has 12 atom stereocenters. The average molecular weight is 748 g/mol. The third-order valence-electron chi connectivity index (χ3n) is 9.61. The Morgan fingerprint density at radius 1 is 0.673 bits per heavy atom. The molecule has 0 spiro atoms. The molecule has 2 rings (SSSR count). The predicted molar refractivity (Wildman–Crippen MR) is 194 cm³/mol. The van der Waals surface area contributed by atoms with Gasteiger partial charge in [0.15, 0.2) is 12.6 Å². The van der Waals surface area contributed by atoms with Gasteiger partial charge >= 0.3 is 0 Å². The van der Waals surface area contributed by atoms with Crippen molar-refractivity contribution in [2.75, 3.05) is 19.8 Å². The highest BCUT2D eigenvalue weighted by atomic mass is 16.7. The van der Waals surface area contributed by atoms with Crippen LogP contribution in [0.15, 0.2) is 24.3 Å². The Balaban J connectivity index is 1.82. The van der Waals surface area contributed by atoms with E-state index in [-0.39, 0.29) is 18.9 Å². The lowest BCUT2D eigenvalue weighted by Gasteiger charge is -2.46. The number of hydrogen-bond acceptors (Lipinski definition) is 13. The van der Waals surface area contributed by atoms with Crippen LogP contribution in [0.5, 0.6) is 0 Å². The lowest BCUT2D eigenvalue weighted by molar-refractivity contribution is -0.359. The quantitative estimate of drug-likeness (QED) is 0.0433. The fraction of sp³-hybridized carbons (Fsp3) is 0.868. The molecule has 52 heavy (non-hydrogen) atoms. The number of amides is 1. The van der Waals surface area contributed by atoms with E-state index < -0.39 is 86.8 Å². The first-order valence-electron chi connectivity index (χ1n) is 19.6. The molecule has 12 unspecified atom stereocenters. The van der Waals surface area contributed by atoms with Gasteiger partial charge in [0.1, 0.15) is 48.8 Å². The topological polar surface area (TPSA) is 228 Å². The Bertz CT molecular complexity index is 983. The summed E-state index contributed by atoms with van der Waals surface area (Å²) in [6, 6.07) is -0.910. The summed E-state index contributed by atoms with van der Waals surface area (Å²) in [5.74, 6) is -0.263. The van der Waals surface area contributed by atoms with Crippen molar-refractivity contribution in [3.05, 3.63) is 24.3 Å². The minimum Gasteiger partial charge on any atom is -0.394 e. The number of aliphatic hydroxyl groups excluding tert-OH is 8. The zero-order valence-corrected chi connectivity index (χ0v) is 31.3. The van der Waals surface area contributed by atoms with Crippen molar-refractivity contribution in [2.24, 2.45) is 0 Å². The molecule has 0 aromatic heterocycles. The molecule has 9 N–H and O–H groups in total.